The number of carbonyl (C=O) groups excluding carboxylic acids is 1. The van der Waals surface area contributed by atoms with Crippen LogP contribution in [0.1, 0.15) is 39.5 Å². The Hall–Kier alpha value is -1.32. The molecule has 2 N–H and O–H groups in total. The molecule has 2 atom stereocenters. The summed E-state index contributed by atoms with van der Waals surface area (Å²) in [5, 5.41) is 11.4. The molecule has 0 aliphatic carbocycles. The van der Waals surface area contributed by atoms with Crippen LogP contribution in [0.15, 0.2) is 12.7 Å². The lowest BCUT2D eigenvalue weighted by molar-refractivity contribution is -0.142. The van der Waals surface area contributed by atoms with Crippen LogP contribution in [-0.2, 0) is 9.59 Å². The summed E-state index contributed by atoms with van der Waals surface area (Å²) in [7, 11) is 0. The number of carbonyl (C=O) groups is 2. The summed E-state index contributed by atoms with van der Waals surface area (Å²) in [6.45, 7) is 7.35. The summed E-state index contributed by atoms with van der Waals surface area (Å²) in [6, 6.07) is -0.853. The lowest BCUT2D eigenvalue weighted by atomic mass is 10.0. The van der Waals surface area contributed by atoms with Crippen LogP contribution in [-0.4, -0.2) is 23.0 Å². The first-order valence-electron chi connectivity index (χ1n) is 5.67. The Morgan fingerprint density at radius 1 is 1.50 bits per heavy atom. The smallest absolute Gasteiger partial charge is 0.326 e. The minimum absolute atomic E-state index is 0.133. The summed E-state index contributed by atoms with van der Waals surface area (Å²) < 4.78 is 0. The largest absolute Gasteiger partial charge is 0.480 e. The summed E-state index contributed by atoms with van der Waals surface area (Å²) >= 11 is 0. The number of hydrogen-bond donors (Lipinski definition) is 2. The predicted molar refractivity (Wildman–Crippen MR) is 63.1 cm³/mol. The first kappa shape index (κ1) is 14.7. The van der Waals surface area contributed by atoms with Gasteiger partial charge in [-0.25, -0.2) is 4.79 Å². The maximum atomic E-state index is 11.6. The molecule has 0 spiro atoms. The third-order valence-electron chi connectivity index (χ3n) is 2.46. The zero-order chi connectivity index (χ0) is 12.6. The Kier molecular flexibility index (Phi) is 7.25. The van der Waals surface area contributed by atoms with E-state index in [0.717, 1.165) is 19.3 Å². The highest BCUT2D eigenvalue weighted by Crippen LogP contribution is 2.08. The van der Waals surface area contributed by atoms with E-state index in [1.54, 1.807) is 0 Å². The van der Waals surface area contributed by atoms with Crippen LogP contribution in [0.5, 0.6) is 0 Å². The van der Waals surface area contributed by atoms with Crippen molar-refractivity contribution in [2.45, 2.75) is 45.6 Å². The molecule has 92 valence electrons. The molecular formula is C12H21NO3. The Balaban J connectivity index is 4.17. The highest BCUT2D eigenvalue weighted by molar-refractivity contribution is 5.84. The van der Waals surface area contributed by atoms with Crippen LogP contribution < -0.4 is 5.32 Å². The number of aliphatic carboxylic acids is 1. The van der Waals surface area contributed by atoms with Crippen LogP contribution in [0.3, 0.4) is 0 Å². The molecule has 0 aliphatic rings. The molecule has 0 saturated carbocycles. The summed E-state index contributed by atoms with van der Waals surface area (Å²) in [4.78, 5) is 22.4. The topological polar surface area (TPSA) is 66.4 Å². The van der Waals surface area contributed by atoms with Gasteiger partial charge in [0.05, 0.1) is 0 Å². The van der Waals surface area contributed by atoms with Crippen molar-refractivity contribution in [3.8, 4) is 0 Å². The molecule has 0 aliphatic heterocycles. The second-order valence-corrected chi connectivity index (χ2v) is 3.97. The third-order valence-corrected chi connectivity index (χ3v) is 2.46. The first-order valence-corrected chi connectivity index (χ1v) is 5.67. The minimum atomic E-state index is -1.02. The van der Waals surface area contributed by atoms with Gasteiger partial charge in [0.1, 0.15) is 6.04 Å². The number of unbranched alkanes of at least 4 members (excludes halogenated alkanes) is 1. The second kappa shape index (κ2) is 7.91. The van der Waals surface area contributed by atoms with Crippen molar-refractivity contribution < 1.29 is 14.7 Å². The number of carboxylic acids is 1. The Morgan fingerprint density at radius 3 is 2.56 bits per heavy atom. The average molecular weight is 227 g/mol. The fourth-order valence-electron chi connectivity index (χ4n) is 1.34. The van der Waals surface area contributed by atoms with Gasteiger partial charge < -0.3 is 10.4 Å². The molecule has 0 radical (unpaired) electrons. The quantitative estimate of drug-likeness (QED) is 0.623. The molecular weight excluding hydrogens is 206 g/mol. The Bertz CT molecular complexity index is 251. The van der Waals surface area contributed by atoms with Gasteiger partial charge in [-0.2, -0.15) is 0 Å². The molecule has 0 unspecified atom stereocenters. The maximum Gasteiger partial charge on any atom is 0.326 e. The highest BCUT2D eigenvalue weighted by atomic mass is 16.4. The van der Waals surface area contributed by atoms with Crippen LogP contribution in [0.25, 0.3) is 0 Å². The van der Waals surface area contributed by atoms with E-state index in [1.807, 2.05) is 6.92 Å². The number of rotatable bonds is 8. The van der Waals surface area contributed by atoms with Crippen molar-refractivity contribution >= 4 is 11.9 Å². The van der Waals surface area contributed by atoms with Gasteiger partial charge in [-0.3, -0.25) is 4.79 Å². The van der Waals surface area contributed by atoms with Gasteiger partial charge in [0.2, 0.25) is 5.91 Å². The lowest BCUT2D eigenvalue weighted by Crippen LogP contribution is -2.42. The van der Waals surface area contributed by atoms with Crippen molar-refractivity contribution in [2.75, 3.05) is 0 Å². The van der Waals surface area contributed by atoms with Gasteiger partial charge in [0.25, 0.3) is 0 Å². The highest BCUT2D eigenvalue weighted by Gasteiger charge is 2.21. The van der Waals surface area contributed by atoms with Crippen LogP contribution >= 0.6 is 0 Å². The zero-order valence-electron chi connectivity index (χ0n) is 10.0. The van der Waals surface area contributed by atoms with Crippen molar-refractivity contribution in [3.05, 3.63) is 12.7 Å². The molecule has 0 aromatic heterocycles. The minimum Gasteiger partial charge on any atom is -0.480 e. The number of carboxylic acid groups (broad SMARTS) is 1. The lowest BCUT2D eigenvalue weighted by Gasteiger charge is -2.16. The Labute approximate surface area is 96.7 Å². The van der Waals surface area contributed by atoms with Crippen LogP contribution in [0.2, 0.25) is 0 Å². The summed E-state index contributed by atoms with van der Waals surface area (Å²) in [5.41, 5.74) is 0. The van der Waals surface area contributed by atoms with E-state index in [-0.39, 0.29) is 18.2 Å². The van der Waals surface area contributed by atoms with E-state index in [0.29, 0.717) is 0 Å². The van der Waals surface area contributed by atoms with E-state index in [9.17, 15) is 9.59 Å². The molecule has 16 heavy (non-hydrogen) atoms. The summed E-state index contributed by atoms with van der Waals surface area (Å²) in [6.07, 6.45) is 4.56. The number of amides is 1. The van der Waals surface area contributed by atoms with Crippen molar-refractivity contribution in [1.82, 2.24) is 5.32 Å². The fourth-order valence-corrected chi connectivity index (χ4v) is 1.34. The molecule has 0 aromatic carbocycles. The first-order chi connectivity index (χ1) is 7.52. The molecule has 1 amide bonds. The van der Waals surface area contributed by atoms with Gasteiger partial charge >= 0.3 is 5.97 Å². The van der Waals surface area contributed by atoms with Crippen molar-refractivity contribution in [2.24, 2.45) is 5.92 Å². The van der Waals surface area contributed by atoms with Gasteiger partial charge in [0, 0.05) is 5.92 Å². The molecule has 0 aromatic rings. The van der Waals surface area contributed by atoms with Crippen LogP contribution in [0, 0.1) is 5.92 Å². The molecule has 0 heterocycles. The number of hydrogen-bond acceptors (Lipinski definition) is 2. The molecule has 0 rings (SSSR count). The average Bonchev–Trinajstić information content (AvgIpc) is 2.24. The van der Waals surface area contributed by atoms with E-state index in [1.165, 1.54) is 6.08 Å². The van der Waals surface area contributed by atoms with E-state index in [2.05, 4.69) is 18.8 Å². The fraction of sp³-hybridized carbons (Fsp3) is 0.667. The van der Waals surface area contributed by atoms with Gasteiger partial charge in [-0.15, -0.1) is 6.58 Å². The third kappa shape index (κ3) is 5.53. The second-order valence-electron chi connectivity index (χ2n) is 3.97. The standard InChI is InChI=1S/C12H21NO3/c1-4-6-8-9(3)11(14)13-10(7-5-2)12(15)16/h5,9-10H,2,4,6-8H2,1,3H3,(H,13,14)(H,15,16)/t9-,10-/m0/s1. The molecule has 4 nitrogen and oxygen atoms in total. The van der Waals surface area contributed by atoms with Crippen molar-refractivity contribution in [3.63, 3.8) is 0 Å². The summed E-state index contributed by atoms with van der Waals surface area (Å²) in [5.74, 6) is -1.34. The monoisotopic (exact) mass is 227 g/mol. The SMILES string of the molecule is C=CC[C@H](NC(=O)[C@@H](C)CCCC)C(=O)O. The Morgan fingerprint density at radius 2 is 2.12 bits per heavy atom. The molecule has 0 saturated heterocycles. The number of nitrogens with one attached hydrogen (secondary N) is 1. The van der Waals surface area contributed by atoms with Gasteiger partial charge in [-0.1, -0.05) is 32.8 Å². The van der Waals surface area contributed by atoms with Crippen LogP contribution in [0.4, 0.5) is 0 Å². The van der Waals surface area contributed by atoms with Crippen molar-refractivity contribution in [1.29, 1.82) is 0 Å². The molecule has 4 heteroatoms. The van der Waals surface area contributed by atoms with E-state index >= 15 is 0 Å². The maximum absolute atomic E-state index is 11.6. The van der Waals surface area contributed by atoms with Gasteiger partial charge in [-0.05, 0) is 12.8 Å². The van der Waals surface area contributed by atoms with E-state index < -0.39 is 12.0 Å². The predicted octanol–water partition coefficient (Wildman–Crippen LogP) is 1.96. The molecule has 0 bridgehead atoms. The molecule has 0 fully saturated rings. The van der Waals surface area contributed by atoms with E-state index in [4.69, 9.17) is 5.11 Å². The van der Waals surface area contributed by atoms with Gasteiger partial charge in [0.15, 0.2) is 0 Å². The zero-order valence-corrected chi connectivity index (χ0v) is 10.0. The normalized spacial score (nSPS) is 13.9.